The van der Waals surface area contributed by atoms with Crippen LogP contribution in [0, 0.1) is 0 Å². The number of anilines is 1. The Hall–Kier alpha value is -2.27. The maximum atomic E-state index is 12.6. The van der Waals surface area contributed by atoms with Crippen LogP contribution in [0.2, 0.25) is 0 Å². The number of nitrogen functional groups attached to an aromatic ring is 1. The van der Waals surface area contributed by atoms with Gasteiger partial charge in [0.25, 0.3) is 5.91 Å². The van der Waals surface area contributed by atoms with Crippen molar-refractivity contribution in [2.75, 3.05) is 18.8 Å². The van der Waals surface area contributed by atoms with Crippen molar-refractivity contribution in [2.45, 2.75) is 26.1 Å². The summed E-state index contributed by atoms with van der Waals surface area (Å²) in [4.78, 5) is 14.3. The van der Waals surface area contributed by atoms with E-state index in [0.29, 0.717) is 30.3 Å². The van der Waals surface area contributed by atoms with E-state index in [1.807, 2.05) is 38.1 Å². The molecule has 5 nitrogen and oxygen atoms in total. The average molecular weight is 300 g/mol. The summed E-state index contributed by atoms with van der Waals surface area (Å²) in [6, 6.07) is 10.9. The number of benzene rings is 1. The van der Waals surface area contributed by atoms with Crippen molar-refractivity contribution < 1.29 is 13.9 Å². The lowest BCUT2D eigenvalue weighted by molar-refractivity contribution is -0.0592. The van der Waals surface area contributed by atoms with Crippen LogP contribution in [0.3, 0.4) is 0 Å². The molecular formula is C17H20N2O3. The Kier molecular flexibility index (Phi) is 3.90. The Bertz CT molecular complexity index is 670. The van der Waals surface area contributed by atoms with E-state index < -0.39 is 0 Å². The van der Waals surface area contributed by atoms with Crippen LogP contribution in [-0.2, 0) is 4.74 Å². The van der Waals surface area contributed by atoms with Crippen molar-refractivity contribution in [2.24, 2.45) is 0 Å². The lowest BCUT2D eigenvalue weighted by atomic mass is 10.1. The summed E-state index contributed by atoms with van der Waals surface area (Å²) in [5.41, 5.74) is 7.31. The first-order chi connectivity index (χ1) is 10.5. The molecule has 0 radical (unpaired) electrons. The van der Waals surface area contributed by atoms with E-state index in [1.54, 1.807) is 17.0 Å². The molecule has 0 bridgehead atoms. The lowest BCUT2D eigenvalue weighted by Gasteiger charge is -2.34. The predicted octanol–water partition coefficient (Wildman–Crippen LogP) is 2.78. The molecule has 2 heterocycles. The van der Waals surface area contributed by atoms with Gasteiger partial charge < -0.3 is 19.8 Å². The molecule has 5 heteroatoms. The first-order valence-corrected chi connectivity index (χ1v) is 7.43. The summed E-state index contributed by atoms with van der Waals surface area (Å²) in [6.45, 7) is 5.10. The van der Waals surface area contributed by atoms with E-state index in [2.05, 4.69) is 0 Å². The van der Waals surface area contributed by atoms with Crippen LogP contribution in [0.5, 0.6) is 0 Å². The summed E-state index contributed by atoms with van der Waals surface area (Å²) >= 11 is 0. The summed E-state index contributed by atoms with van der Waals surface area (Å²) in [5, 5.41) is 0. The van der Waals surface area contributed by atoms with E-state index in [1.165, 1.54) is 0 Å². The Morgan fingerprint density at radius 2 is 1.91 bits per heavy atom. The van der Waals surface area contributed by atoms with Gasteiger partial charge in [0.05, 0.1) is 12.2 Å². The van der Waals surface area contributed by atoms with Crippen LogP contribution in [0.25, 0.3) is 11.3 Å². The van der Waals surface area contributed by atoms with Gasteiger partial charge in [0, 0.05) is 24.3 Å². The zero-order valence-corrected chi connectivity index (χ0v) is 12.8. The van der Waals surface area contributed by atoms with Gasteiger partial charge in [0.15, 0.2) is 5.76 Å². The molecule has 2 aromatic rings. The third kappa shape index (κ3) is 2.99. The molecule has 1 amide bonds. The molecular weight excluding hydrogens is 280 g/mol. The molecule has 1 fully saturated rings. The van der Waals surface area contributed by atoms with Gasteiger partial charge in [-0.25, -0.2) is 0 Å². The minimum absolute atomic E-state index is 0.0380. The van der Waals surface area contributed by atoms with Crippen LogP contribution in [0.15, 0.2) is 40.8 Å². The van der Waals surface area contributed by atoms with Gasteiger partial charge in [0.2, 0.25) is 0 Å². The monoisotopic (exact) mass is 300 g/mol. The number of furan rings is 1. The molecule has 1 aliphatic heterocycles. The van der Waals surface area contributed by atoms with Crippen molar-refractivity contribution in [3.63, 3.8) is 0 Å². The fourth-order valence-corrected chi connectivity index (χ4v) is 2.80. The van der Waals surface area contributed by atoms with Crippen LogP contribution < -0.4 is 5.73 Å². The van der Waals surface area contributed by atoms with Crippen molar-refractivity contribution in [1.82, 2.24) is 4.90 Å². The Labute approximate surface area is 129 Å². The maximum absolute atomic E-state index is 12.6. The summed E-state index contributed by atoms with van der Waals surface area (Å²) < 4.78 is 11.4. The standard InChI is InChI=1S/C17H20N2O3/c1-11-9-19(10-12(2)21-11)17(20)16-7-6-15(22-16)13-4-3-5-14(18)8-13/h3-8,11-12H,9-10,18H2,1-2H3/t11-,12-/m0/s1. The smallest absolute Gasteiger partial charge is 0.289 e. The largest absolute Gasteiger partial charge is 0.451 e. The maximum Gasteiger partial charge on any atom is 0.289 e. The molecule has 0 unspecified atom stereocenters. The molecule has 22 heavy (non-hydrogen) atoms. The van der Waals surface area contributed by atoms with Crippen LogP contribution in [0.4, 0.5) is 5.69 Å². The van der Waals surface area contributed by atoms with Gasteiger partial charge >= 0.3 is 0 Å². The Morgan fingerprint density at radius 3 is 2.59 bits per heavy atom. The summed E-state index contributed by atoms with van der Waals surface area (Å²) in [6.07, 6.45) is 0.0760. The van der Waals surface area contributed by atoms with Crippen molar-refractivity contribution in [1.29, 1.82) is 0 Å². The van der Waals surface area contributed by atoms with Gasteiger partial charge in [0.1, 0.15) is 5.76 Å². The molecule has 0 spiro atoms. The van der Waals surface area contributed by atoms with Gasteiger partial charge in [-0.3, -0.25) is 4.79 Å². The number of rotatable bonds is 2. The van der Waals surface area contributed by atoms with E-state index in [0.717, 1.165) is 5.56 Å². The number of morpholine rings is 1. The van der Waals surface area contributed by atoms with Crippen molar-refractivity contribution in [3.05, 3.63) is 42.2 Å². The second-order valence-electron chi connectivity index (χ2n) is 5.76. The third-order valence-corrected chi connectivity index (χ3v) is 3.69. The highest BCUT2D eigenvalue weighted by Crippen LogP contribution is 2.25. The molecule has 1 saturated heterocycles. The Balaban J connectivity index is 1.80. The highest BCUT2D eigenvalue weighted by Gasteiger charge is 2.28. The zero-order valence-electron chi connectivity index (χ0n) is 12.8. The fraction of sp³-hybridized carbons (Fsp3) is 0.353. The zero-order chi connectivity index (χ0) is 15.7. The van der Waals surface area contributed by atoms with Gasteiger partial charge in [-0.1, -0.05) is 12.1 Å². The third-order valence-electron chi connectivity index (χ3n) is 3.69. The molecule has 1 aliphatic rings. The molecule has 1 aromatic heterocycles. The highest BCUT2D eigenvalue weighted by molar-refractivity contribution is 5.92. The second kappa shape index (κ2) is 5.85. The van der Waals surface area contributed by atoms with E-state index in [4.69, 9.17) is 14.9 Å². The van der Waals surface area contributed by atoms with Gasteiger partial charge in [-0.2, -0.15) is 0 Å². The van der Waals surface area contributed by atoms with Gasteiger partial charge in [-0.15, -0.1) is 0 Å². The molecule has 0 saturated carbocycles. The first kappa shape index (κ1) is 14.7. The lowest BCUT2D eigenvalue weighted by Crippen LogP contribution is -2.48. The number of ether oxygens (including phenoxy) is 1. The van der Waals surface area contributed by atoms with E-state index in [9.17, 15) is 4.79 Å². The SMILES string of the molecule is C[C@H]1CN(C(=O)c2ccc(-c3cccc(N)c3)o2)C[C@H](C)O1. The molecule has 3 rings (SSSR count). The number of nitrogens with zero attached hydrogens (tertiary/aromatic N) is 1. The van der Waals surface area contributed by atoms with Crippen LogP contribution in [0.1, 0.15) is 24.4 Å². The minimum atomic E-state index is -0.0999. The first-order valence-electron chi connectivity index (χ1n) is 7.43. The highest BCUT2D eigenvalue weighted by atomic mass is 16.5. The number of carbonyl (C=O) groups is 1. The average Bonchev–Trinajstić information content (AvgIpc) is 2.95. The Morgan fingerprint density at radius 1 is 1.18 bits per heavy atom. The van der Waals surface area contributed by atoms with Crippen molar-refractivity contribution >= 4 is 11.6 Å². The second-order valence-corrected chi connectivity index (χ2v) is 5.76. The number of nitrogens with two attached hydrogens (primary N) is 1. The van der Waals surface area contributed by atoms with Crippen LogP contribution >= 0.6 is 0 Å². The predicted molar refractivity (Wildman–Crippen MR) is 84.5 cm³/mol. The van der Waals surface area contributed by atoms with E-state index >= 15 is 0 Å². The number of amides is 1. The summed E-state index contributed by atoms with van der Waals surface area (Å²) in [5.74, 6) is 0.890. The van der Waals surface area contributed by atoms with Crippen LogP contribution in [-0.4, -0.2) is 36.1 Å². The molecule has 1 aromatic carbocycles. The topological polar surface area (TPSA) is 68.7 Å². The normalized spacial score (nSPS) is 21.8. The molecule has 2 atom stereocenters. The number of carbonyl (C=O) groups excluding carboxylic acids is 1. The fourth-order valence-electron chi connectivity index (χ4n) is 2.80. The molecule has 0 aliphatic carbocycles. The van der Waals surface area contributed by atoms with Crippen molar-refractivity contribution in [3.8, 4) is 11.3 Å². The minimum Gasteiger partial charge on any atom is -0.451 e. The number of hydrogen-bond acceptors (Lipinski definition) is 4. The van der Waals surface area contributed by atoms with E-state index in [-0.39, 0.29) is 18.1 Å². The van der Waals surface area contributed by atoms with Gasteiger partial charge in [-0.05, 0) is 38.1 Å². The quantitative estimate of drug-likeness (QED) is 0.866. The summed E-state index contributed by atoms with van der Waals surface area (Å²) in [7, 11) is 0. The molecule has 2 N–H and O–H groups in total. The molecule has 116 valence electrons. The number of hydrogen-bond donors (Lipinski definition) is 1.